The van der Waals surface area contributed by atoms with E-state index in [4.69, 9.17) is 16.3 Å². The van der Waals surface area contributed by atoms with E-state index >= 15 is 0 Å². The highest BCUT2D eigenvalue weighted by atomic mass is 35.5. The SMILES string of the molecule is CCCCCCCC[C@H](CC)OC(=O)c1cnc(Cl)cn1. The van der Waals surface area contributed by atoms with E-state index in [2.05, 4.69) is 16.9 Å². The van der Waals surface area contributed by atoms with Gasteiger partial charge in [-0.3, -0.25) is 0 Å². The van der Waals surface area contributed by atoms with Gasteiger partial charge in [-0.15, -0.1) is 0 Å². The molecule has 1 aromatic heterocycles. The van der Waals surface area contributed by atoms with Crippen LogP contribution < -0.4 is 0 Å². The fourth-order valence-corrected chi connectivity index (χ4v) is 2.23. The number of aromatic nitrogens is 2. The molecule has 118 valence electrons. The molecule has 1 rings (SSSR count). The van der Waals surface area contributed by atoms with E-state index in [9.17, 15) is 4.79 Å². The summed E-state index contributed by atoms with van der Waals surface area (Å²) < 4.78 is 5.47. The lowest BCUT2D eigenvalue weighted by Gasteiger charge is -2.15. The molecule has 5 heteroatoms. The Kier molecular flexibility index (Phi) is 8.99. The number of esters is 1. The largest absolute Gasteiger partial charge is 0.458 e. The Bertz CT molecular complexity index is 409. The fourth-order valence-electron chi connectivity index (χ4n) is 2.13. The Morgan fingerprint density at radius 2 is 1.86 bits per heavy atom. The highest BCUT2D eigenvalue weighted by Crippen LogP contribution is 2.14. The van der Waals surface area contributed by atoms with Crippen LogP contribution in [0.2, 0.25) is 5.15 Å². The van der Waals surface area contributed by atoms with Crippen molar-refractivity contribution in [2.45, 2.75) is 71.3 Å². The van der Waals surface area contributed by atoms with Gasteiger partial charge in [0.25, 0.3) is 0 Å². The van der Waals surface area contributed by atoms with E-state index in [1.807, 2.05) is 6.92 Å². The maximum absolute atomic E-state index is 11.9. The second kappa shape index (κ2) is 10.6. The van der Waals surface area contributed by atoms with Gasteiger partial charge in [0.2, 0.25) is 0 Å². The molecule has 0 radical (unpaired) electrons. The quantitative estimate of drug-likeness (QED) is 0.459. The number of unbranched alkanes of at least 4 members (excludes halogenated alkanes) is 5. The van der Waals surface area contributed by atoms with Gasteiger partial charge in [-0.25, -0.2) is 14.8 Å². The van der Waals surface area contributed by atoms with Crippen molar-refractivity contribution >= 4 is 17.6 Å². The van der Waals surface area contributed by atoms with Crippen LogP contribution in [0.25, 0.3) is 0 Å². The van der Waals surface area contributed by atoms with E-state index in [0.29, 0.717) is 0 Å². The zero-order chi connectivity index (χ0) is 15.5. The van der Waals surface area contributed by atoms with Crippen LogP contribution in [-0.2, 0) is 4.74 Å². The standard InChI is InChI=1S/C16H25ClN2O2/c1-3-5-6-7-8-9-10-13(4-2)21-16(20)14-11-19-15(17)12-18-14/h11-13H,3-10H2,1-2H3/t13-/m0/s1. The van der Waals surface area contributed by atoms with Crippen LogP contribution in [0.15, 0.2) is 12.4 Å². The highest BCUT2D eigenvalue weighted by molar-refractivity contribution is 6.29. The first-order valence-corrected chi connectivity index (χ1v) is 8.23. The molecule has 0 N–H and O–H groups in total. The second-order valence-electron chi connectivity index (χ2n) is 5.22. The Balaban J connectivity index is 2.29. The Hall–Kier alpha value is -1.16. The van der Waals surface area contributed by atoms with Crippen LogP contribution in [0, 0.1) is 0 Å². The molecule has 0 aliphatic carbocycles. The van der Waals surface area contributed by atoms with E-state index in [0.717, 1.165) is 19.3 Å². The lowest BCUT2D eigenvalue weighted by Crippen LogP contribution is -2.18. The smallest absolute Gasteiger partial charge is 0.358 e. The summed E-state index contributed by atoms with van der Waals surface area (Å²) in [6.07, 6.45) is 11.8. The van der Waals surface area contributed by atoms with E-state index < -0.39 is 5.97 Å². The number of carbonyl (C=O) groups is 1. The molecular weight excluding hydrogens is 288 g/mol. The van der Waals surface area contributed by atoms with Gasteiger partial charge in [0.1, 0.15) is 11.3 Å². The zero-order valence-electron chi connectivity index (χ0n) is 13.0. The molecule has 0 unspecified atom stereocenters. The molecule has 21 heavy (non-hydrogen) atoms. The summed E-state index contributed by atoms with van der Waals surface area (Å²) in [7, 11) is 0. The number of halogens is 1. The number of nitrogens with zero attached hydrogens (tertiary/aromatic N) is 2. The van der Waals surface area contributed by atoms with Crippen molar-refractivity contribution in [3.8, 4) is 0 Å². The van der Waals surface area contributed by atoms with Crippen LogP contribution >= 0.6 is 11.6 Å². The second-order valence-corrected chi connectivity index (χ2v) is 5.60. The average Bonchev–Trinajstić information content (AvgIpc) is 2.50. The minimum atomic E-state index is -0.419. The van der Waals surface area contributed by atoms with E-state index in [-0.39, 0.29) is 17.0 Å². The molecule has 0 aliphatic rings. The van der Waals surface area contributed by atoms with Gasteiger partial charge < -0.3 is 4.74 Å². The lowest BCUT2D eigenvalue weighted by atomic mass is 10.1. The van der Waals surface area contributed by atoms with Crippen molar-refractivity contribution in [3.05, 3.63) is 23.2 Å². The number of carbonyl (C=O) groups excluding carboxylic acids is 1. The predicted octanol–water partition coefficient (Wildman–Crippen LogP) is 4.82. The van der Waals surface area contributed by atoms with Gasteiger partial charge >= 0.3 is 5.97 Å². The maximum Gasteiger partial charge on any atom is 0.358 e. The summed E-state index contributed by atoms with van der Waals surface area (Å²) in [5, 5.41) is 0.269. The zero-order valence-corrected chi connectivity index (χ0v) is 13.7. The molecule has 0 amide bonds. The molecule has 0 fully saturated rings. The monoisotopic (exact) mass is 312 g/mol. The Morgan fingerprint density at radius 1 is 1.14 bits per heavy atom. The summed E-state index contributed by atoms with van der Waals surface area (Å²) in [4.78, 5) is 19.7. The number of hydrogen-bond acceptors (Lipinski definition) is 4. The molecule has 0 saturated heterocycles. The third-order valence-corrected chi connectivity index (χ3v) is 3.63. The molecule has 0 spiro atoms. The molecule has 0 aromatic carbocycles. The molecule has 1 aromatic rings. The summed E-state index contributed by atoms with van der Waals surface area (Å²) in [6, 6.07) is 0. The van der Waals surface area contributed by atoms with Crippen molar-refractivity contribution in [1.29, 1.82) is 0 Å². The normalized spacial score (nSPS) is 12.1. The van der Waals surface area contributed by atoms with Gasteiger partial charge in [0, 0.05) is 0 Å². The number of hydrogen-bond donors (Lipinski definition) is 0. The van der Waals surface area contributed by atoms with E-state index in [1.165, 1.54) is 44.5 Å². The van der Waals surface area contributed by atoms with Crippen LogP contribution in [0.5, 0.6) is 0 Å². The first-order valence-electron chi connectivity index (χ1n) is 7.85. The number of ether oxygens (including phenoxy) is 1. The van der Waals surface area contributed by atoms with Crippen LogP contribution in [0.3, 0.4) is 0 Å². The van der Waals surface area contributed by atoms with Crippen LogP contribution in [-0.4, -0.2) is 22.0 Å². The van der Waals surface area contributed by atoms with Crippen LogP contribution in [0.4, 0.5) is 0 Å². The minimum Gasteiger partial charge on any atom is -0.458 e. The fraction of sp³-hybridized carbons (Fsp3) is 0.688. The first-order chi connectivity index (χ1) is 10.2. The summed E-state index contributed by atoms with van der Waals surface area (Å²) in [5.41, 5.74) is 0.209. The third kappa shape index (κ3) is 7.42. The molecule has 1 atom stereocenters. The molecular formula is C16H25ClN2O2. The van der Waals surface area contributed by atoms with Crippen molar-refractivity contribution in [3.63, 3.8) is 0 Å². The Labute approximate surface area is 132 Å². The first kappa shape index (κ1) is 17.9. The van der Waals surface area contributed by atoms with E-state index in [1.54, 1.807) is 0 Å². The molecule has 4 nitrogen and oxygen atoms in total. The summed E-state index contributed by atoms with van der Waals surface area (Å²) in [5.74, 6) is -0.419. The third-order valence-electron chi connectivity index (χ3n) is 3.44. The van der Waals surface area contributed by atoms with Crippen molar-refractivity contribution in [1.82, 2.24) is 9.97 Å². The van der Waals surface area contributed by atoms with Gasteiger partial charge in [0.05, 0.1) is 12.4 Å². The average molecular weight is 313 g/mol. The highest BCUT2D eigenvalue weighted by Gasteiger charge is 2.15. The predicted molar refractivity (Wildman–Crippen MR) is 84.5 cm³/mol. The molecule has 1 heterocycles. The summed E-state index contributed by atoms with van der Waals surface area (Å²) in [6.45, 7) is 4.24. The topological polar surface area (TPSA) is 52.1 Å². The maximum atomic E-state index is 11.9. The minimum absolute atomic E-state index is 0.0406. The number of rotatable bonds is 10. The molecule has 0 aliphatic heterocycles. The van der Waals surface area contributed by atoms with Crippen molar-refractivity contribution in [2.75, 3.05) is 0 Å². The van der Waals surface area contributed by atoms with Gasteiger partial charge in [-0.05, 0) is 19.3 Å². The lowest BCUT2D eigenvalue weighted by molar-refractivity contribution is 0.0259. The van der Waals surface area contributed by atoms with Gasteiger partial charge in [-0.2, -0.15) is 0 Å². The molecule has 0 saturated carbocycles. The summed E-state index contributed by atoms with van der Waals surface area (Å²) >= 11 is 5.64. The van der Waals surface area contributed by atoms with Gasteiger partial charge in [-0.1, -0.05) is 57.6 Å². The Morgan fingerprint density at radius 3 is 2.48 bits per heavy atom. The van der Waals surface area contributed by atoms with Crippen molar-refractivity contribution < 1.29 is 9.53 Å². The van der Waals surface area contributed by atoms with Crippen LogP contribution in [0.1, 0.15) is 75.7 Å². The van der Waals surface area contributed by atoms with Crippen molar-refractivity contribution in [2.24, 2.45) is 0 Å². The molecule has 0 bridgehead atoms. The van der Waals surface area contributed by atoms with Gasteiger partial charge in [0.15, 0.2) is 5.69 Å².